The number of aryl methyl sites for hydroxylation is 1. The minimum Gasteiger partial charge on any atom is -0.497 e. The topological polar surface area (TPSA) is 68.5 Å². The number of aromatic nitrogens is 2. The van der Waals surface area contributed by atoms with Crippen LogP contribution in [0, 0.1) is 11.7 Å². The van der Waals surface area contributed by atoms with Gasteiger partial charge >= 0.3 is 0 Å². The van der Waals surface area contributed by atoms with E-state index in [2.05, 4.69) is 15.0 Å². The number of methoxy groups -OCH3 is 1. The number of piperidine rings is 1. The van der Waals surface area contributed by atoms with Crippen LogP contribution in [0.15, 0.2) is 53.1 Å². The van der Waals surface area contributed by atoms with Crippen LogP contribution >= 0.6 is 0 Å². The number of hydrogen-bond acceptors (Lipinski definition) is 5. The van der Waals surface area contributed by atoms with Gasteiger partial charge in [0.05, 0.1) is 12.5 Å². The third kappa shape index (κ3) is 4.49. The van der Waals surface area contributed by atoms with Gasteiger partial charge in [-0.15, -0.1) is 0 Å². The number of hydrogen-bond donors (Lipinski definition) is 0. The molecule has 2 heterocycles. The van der Waals surface area contributed by atoms with E-state index in [-0.39, 0.29) is 17.1 Å². The van der Waals surface area contributed by atoms with Gasteiger partial charge in [0.15, 0.2) is 5.82 Å². The lowest BCUT2D eigenvalue weighted by molar-refractivity contribution is -0.135. The van der Waals surface area contributed by atoms with Crippen molar-refractivity contribution in [2.24, 2.45) is 5.92 Å². The molecule has 7 heteroatoms. The molecule has 1 aromatic heterocycles. The minimum absolute atomic E-state index is 0.272. The molecule has 0 N–H and O–H groups in total. The van der Waals surface area contributed by atoms with Crippen molar-refractivity contribution in [1.29, 1.82) is 0 Å². The van der Waals surface area contributed by atoms with Crippen LogP contribution < -0.4 is 4.74 Å². The maximum atomic E-state index is 13.3. The summed E-state index contributed by atoms with van der Waals surface area (Å²) < 4.78 is 23.7. The summed E-state index contributed by atoms with van der Waals surface area (Å²) >= 11 is 0. The van der Waals surface area contributed by atoms with Crippen LogP contribution in [0.5, 0.6) is 5.75 Å². The summed E-state index contributed by atoms with van der Waals surface area (Å²) in [5, 5.41) is 4.08. The molecule has 3 aromatic rings. The van der Waals surface area contributed by atoms with Crippen molar-refractivity contribution in [3.05, 3.63) is 65.7 Å². The van der Waals surface area contributed by atoms with Crippen molar-refractivity contribution in [3.8, 4) is 17.2 Å². The van der Waals surface area contributed by atoms with Crippen LogP contribution in [0.3, 0.4) is 0 Å². The van der Waals surface area contributed by atoms with E-state index in [0.717, 1.165) is 62.9 Å². The van der Waals surface area contributed by atoms with Gasteiger partial charge in [0.1, 0.15) is 11.6 Å². The summed E-state index contributed by atoms with van der Waals surface area (Å²) in [6.45, 7) is 1.60. The largest absolute Gasteiger partial charge is 0.497 e. The molecule has 0 spiro atoms. The Morgan fingerprint density at radius 3 is 2.45 bits per heavy atom. The standard InChI is InChI=1S/C26H28FN3O3/c1-32-22-9-5-20(6-10-22)26(14-15-26)25(31)30-16-12-18(13-17-30)2-11-23-28-24(33-29-23)19-3-7-21(27)8-4-19/h3-10,18H,2,11-17H2,1H3. The molecule has 172 valence electrons. The van der Waals surface area contributed by atoms with Gasteiger partial charge in [-0.1, -0.05) is 17.3 Å². The Morgan fingerprint density at radius 1 is 1.12 bits per heavy atom. The monoisotopic (exact) mass is 449 g/mol. The molecule has 33 heavy (non-hydrogen) atoms. The molecule has 0 bridgehead atoms. The van der Waals surface area contributed by atoms with E-state index in [1.54, 1.807) is 19.2 Å². The number of likely N-dealkylation sites (tertiary alicyclic amines) is 1. The highest BCUT2D eigenvalue weighted by Gasteiger charge is 2.53. The fourth-order valence-electron chi connectivity index (χ4n) is 4.79. The fraction of sp³-hybridized carbons (Fsp3) is 0.423. The Morgan fingerprint density at radius 2 is 1.82 bits per heavy atom. The van der Waals surface area contributed by atoms with Gasteiger partial charge in [-0.3, -0.25) is 4.79 Å². The number of halogens is 1. The molecule has 2 aromatic carbocycles. The van der Waals surface area contributed by atoms with Crippen LogP contribution in [0.4, 0.5) is 4.39 Å². The average molecular weight is 450 g/mol. The number of ether oxygens (including phenoxy) is 1. The predicted molar refractivity (Wildman–Crippen MR) is 121 cm³/mol. The maximum absolute atomic E-state index is 13.3. The van der Waals surface area contributed by atoms with Crippen LogP contribution in [-0.2, 0) is 16.6 Å². The van der Waals surface area contributed by atoms with Crippen molar-refractivity contribution in [1.82, 2.24) is 15.0 Å². The van der Waals surface area contributed by atoms with Crippen LogP contribution in [0.25, 0.3) is 11.5 Å². The van der Waals surface area contributed by atoms with Crippen molar-refractivity contribution >= 4 is 5.91 Å². The van der Waals surface area contributed by atoms with Gasteiger partial charge in [0.25, 0.3) is 5.89 Å². The molecule has 1 aliphatic heterocycles. The van der Waals surface area contributed by atoms with Crippen LogP contribution in [0.1, 0.15) is 43.5 Å². The number of benzene rings is 2. The smallest absolute Gasteiger partial charge is 0.257 e. The second-order valence-electron chi connectivity index (χ2n) is 9.11. The van der Waals surface area contributed by atoms with Gasteiger partial charge < -0.3 is 14.2 Å². The third-order valence-electron chi connectivity index (χ3n) is 7.04. The molecule has 6 nitrogen and oxygen atoms in total. The normalized spacial score (nSPS) is 17.7. The van der Waals surface area contributed by atoms with Gasteiger partial charge in [-0.05, 0) is 80.0 Å². The SMILES string of the molecule is COc1ccc(C2(C(=O)N3CCC(CCc4noc(-c5ccc(F)cc5)n4)CC3)CC2)cc1. The summed E-state index contributed by atoms with van der Waals surface area (Å²) in [6, 6.07) is 14.0. The zero-order valence-electron chi connectivity index (χ0n) is 18.8. The van der Waals surface area contributed by atoms with Crippen molar-refractivity contribution in [3.63, 3.8) is 0 Å². The van der Waals surface area contributed by atoms with Gasteiger partial charge in [0.2, 0.25) is 5.91 Å². The summed E-state index contributed by atoms with van der Waals surface area (Å²) in [6.07, 6.45) is 5.53. The lowest BCUT2D eigenvalue weighted by Crippen LogP contribution is -2.44. The third-order valence-corrected chi connectivity index (χ3v) is 7.04. The van der Waals surface area contributed by atoms with E-state index in [0.29, 0.717) is 23.2 Å². The highest BCUT2D eigenvalue weighted by Crippen LogP contribution is 2.50. The maximum Gasteiger partial charge on any atom is 0.257 e. The number of carbonyl (C=O) groups excluding carboxylic acids is 1. The summed E-state index contributed by atoms with van der Waals surface area (Å²) in [7, 11) is 1.65. The van der Waals surface area contributed by atoms with E-state index >= 15 is 0 Å². The molecule has 1 aliphatic carbocycles. The van der Waals surface area contributed by atoms with Crippen LogP contribution in [0.2, 0.25) is 0 Å². The number of nitrogens with zero attached hydrogens (tertiary/aromatic N) is 3. The van der Waals surface area contributed by atoms with E-state index in [9.17, 15) is 9.18 Å². The lowest BCUT2D eigenvalue weighted by Gasteiger charge is -2.34. The molecule has 0 unspecified atom stereocenters. The fourth-order valence-corrected chi connectivity index (χ4v) is 4.79. The quantitative estimate of drug-likeness (QED) is 0.519. The Hall–Kier alpha value is -3.22. The van der Waals surface area contributed by atoms with Crippen molar-refractivity contribution in [2.45, 2.75) is 43.9 Å². The van der Waals surface area contributed by atoms with E-state index in [4.69, 9.17) is 9.26 Å². The Kier molecular flexibility index (Phi) is 5.87. The number of amides is 1. The lowest BCUT2D eigenvalue weighted by atomic mass is 9.89. The van der Waals surface area contributed by atoms with E-state index in [1.165, 1.54) is 12.1 Å². The van der Waals surface area contributed by atoms with Gasteiger partial charge in [0, 0.05) is 25.1 Å². The first-order valence-electron chi connectivity index (χ1n) is 11.6. The number of carbonyl (C=O) groups is 1. The van der Waals surface area contributed by atoms with Crippen LogP contribution in [-0.4, -0.2) is 41.1 Å². The summed E-state index contributed by atoms with van der Waals surface area (Å²) in [5.74, 6) is 2.42. The van der Waals surface area contributed by atoms with E-state index < -0.39 is 0 Å². The zero-order valence-corrected chi connectivity index (χ0v) is 18.8. The van der Waals surface area contributed by atoms with Gasteiger partial charge in [-0.25, -0.2) is 4.39 Å². The molecule has 2 aliphatic rings. The summed E-state index contributed by atoms with van der Waals surface area (Å²) in [5.41, 5.74) is 1.48. The zero-order chi connectivity index (χ0) is 22.8. The molecular formula is C26H28FN3O3. The Labute approximate surface area is 192 Å². The first-order valence-corrected chi connectivity index (χ1v) is 11.6. The highest BCUT2D eigenvalue weighted by atomic mass is 19.1. The second-order valence-corrected chi connectivity index (χ2v) is 9.11. The molecule has 0 radical (unpaired) electrons. The molecule has 1 amide bonds. The first-order chi connectivity index (χ1) is 16.1. The molecule has 1 saturated carbocycles. The van der Waals surface area contributed by atoms with E-state index in [1.807, 2.05) is 24.3 Å². The Balaban J connectivity index is 1.12. The molecule has 5 rings (SSSR count). The number of rotatable bonds is 7. The molecule has 2 fully saturated rings. The van der Waals surface area contributed by atoms with Gasteiger partial charge in [-0.2, -0.15) is 4.98 Å². The summed E-state index contributed by atoms with van der Waals surface area (Å²) in [4.78, 5) is 19.8. The minimum atomic E-state index is -0.333. The average Bonchev–Trinajstić information content (AvgIpc) is 3.54. The molecule has 1 saturated heterocycles. The second kappa shape index (κ2) is 8.96. The predicted octanol–water partition coefficient (Wildman–Crippen LogP) is 4.79. The highest BCUT2D eigenvalue weighted by molar-refractivity contribution is 5.91. The van der Waals surface area contributed by atoms with Crippen molar-refractivity contribution < 1.29 is 18.4 Å². The molecular weight excluding hydrogens is 421 g/mol. The van der Waals surface area contributed by atoms with Crippen molar-refractivity contribution in [2.75, 3.05) is 20.2 Å². The first kappa shape index (κ1) is 21.6. The molecule has 0 atom stereocenters. The Bertz CT molecular complexity index is 1100.